The molecule has 0 bridgehead atoms. The van der Waals surface area contributed by atoms with Crippen molar-refractivity contribution in [3.63, 3.8) is 0 Å². The van der Waals surface area contributed by atoms with Gasteiger partial charge in [-0.25, -0.2) is 4.68 Å². The van der Waals surface area contributed by atoms with Crippen LogP contribution in [-0.2, 0) is 6.54 Å². The normalized spacial score (nSPS) is 10.4. The number of hydrogen-bond donors (Lipinski definition) is 0. The van der Waals surface area contributed by atoms with Gasteiger partial charge >= 0.3 is 0 Å². The van der Waals surface area contributed by atoms with Gasteiger partial charge in [-0.3, -0.25) is 0 Å². The van der Waals surface area contributed by atoms with Crippen LogP contribution in [0.3, 0.4) is 0 Å². The second kappa shape index (κ2) is 3.37. The molecule has 12 heavy (non-hydrogen) atoms. The minimum atomic E-state index is 0.794. The molecule has 0 spiro atoms. The fraction of sp³-hybridized carbons (Fsp3) is 0.143. The molecule has 0 unspecified atom stereocenters. The predicted molar refractivity (Wildman–Crippen MR) is 51.1 cm³/mol. The lowest BCUT2D eigenvalue weighted by Gasteiger charge is -1.94. The molecule has 0 aromatic carbocycles. The van der Waals surface area contributed by atoms with Gasteiger partial charge in [0.05, 0.1) is 16.5 Å². The number of rotatable bonds is 2. The van der Waals surface area contributed by atoms with Gasteiger partial charge in [-0.1, -0.05) is 5.21 Å². The molecule has 0 atom stereocenters. The van der Waals surface area contributed by atoms with Gasteiger partial charge in [-0.2, -0.15) is 0 Å². The van der Waals surface area contributed by atoms with Gasteiger partial charge < -0.3 is 0 Å². The molecule has 0 saturated heterocycles. The molecule has 0 saturated carbocycles. The topological polar surface area (TPSA) is 30.7 Å². The SMILES string of the molecule is Brc1cc(Cn2ccnn2)cs1. The van der Waals surface area contributed by atoms with Crippen LogP contribution >= 0.6 is 27.3 Å². The molecule has 3 nitrogen and oxygen atoms in total. The average Bonchev–Trinajstić information content (AvgIpc) is 2.63. The standard InChI is InChI=1S/C7H6BrN3S/c8-7-3-6(5-12-7)4-11-2-1-9-10-11/h1-3,5H,4H2. The highest BCUT2D eigenvalue weighted by Crippen LogP contribution is 2.20. The molecular formula is C7H6BrN3S. The Kier molecular flexibility index (Phi) is 2.23. The molecule has 2 rings (SSSR count). The largest absolute Gasteiger partial charge is 0.248 e. The first-order valence-corrected chi connectivity index (χ1v) is 5.09. The Labute approximate surface area is 82.2 Å². The van der Waals surface area contributed by atoms with Gasteiger partial charge in [0.2, 0.25) is 0 Å². The highest BCUT2D eigenvalue weighted by molar-refractivity contribution is 9.11. The van der Waals surface area contributed by atoms with E-state index in [0.717, 1.165) is 10.3 Å². The van der Waals surface area contributed by atoms with Crippen molar-refractivity contribution in [1.29, 1.82) is 0 Å². The summed E-state index contributed by atoms with van der Waals surface area (Å²) < 4.78 is 2.95. The van der Waals surface area contributed by atoms with Crippen molar-refractivity contribution in [2.45, 2.75) is 6.54 Å². The third kappa shape index (κ3) is 1.73. The molecule has 0 aliphatic carbocycles. The Hall–Kier alpha value is -0.680. The zero-order valence-corrected chi connectivity index (χ0v) is 8.55. The number of hydrogen-bond acceptors (Lipinski definition) is 3. The van der Waals surface area contributed by atoms with Crippen LogP contribution in [0.25, 0.3) is 0 Å². The van der Waals surface area contributed by atoms with Gasteiger partial charge in [0.25, 0.3) is 0 Å². The third-order valence-corrected chi connectivity index (χ3v) is 2.99. The number of aromatic nitrogens is 3. The van der Waals surface area contributed by atoms with Crippen molar-refractivity contribution in [2.75, 3.05) is 0 Å². The zero-order valence-electron chi connectivity index (χ0n) is 6.14. The molecule has 2 aromatic heterocycles. The van der Waals surface area contributed by atoms with Crippen LogP contribution in [0.1, 0.15) is 5.56 Å². The van der Waals surface area contributed by atoms with Crippen molar-refractivity contribution in [3.8, 4) is 0 Å². The fourth-order valence-electron chi connectivity index (χ4n) is 0.933. The monoisotopic (exact) mass is 243 g/mol. The summed E-state index contributed by atoms with van der Waals surface area (Å²) in [7, 11) is 0. The van der Waals surface area contributed by atoms with Crippen molar-refractivity contribution in [3.05, 3.63) is 33.2 Å². The summed E-state index contributed by atoms with van der Waals surface area (Å²) in [5.74, 6) is 0. The van der Waals surface area contributed by atoms with E-state index in [4.69, 9.17) is 0 Å². The minimum Gasteiger partial charge on any atom is -0.248 e. The van der Waals surface area contributed by atoms with E-state index in [0.29, 0.717) is 0 Å². The van der Waals surface area contributed by atoms with E-state index < -0.39 is 0 Å². The highest BCUT2D eigenvalue weighted by atomic mass is 79.9. The van der Waals surface area contributed by atoms with E-state index >= 15 is 0 Å². The van der Waals surface area contributed by atoms with Crippen molar-refractivity contribution in [2.24, 2.45) is 0 Å². The maximum absolute atomic E-state index is 3.88. The Bertz CT molecular complexity index is 354. The Morgan fingerprint density at radius 3 is 3.08 bits per heavy atom. The molecular weight excluding hydrogens is 238 g/mol. The van der Waals surface area contributed by atoms with Crippen LogP contribution in [0.4, 0.5) is 0 Å². The van der Waals surface area contributed by atoms with Crippen LogP contribution in [0, 0.1) is 0 Å². The molecule has 2 heterocycles. The van der Waals surface area contributed by atoms with E-state index in [1.165, 1.54) is 5.56 Å². The van der Waals surface area contributed by atoms with E-state index in [9.17, 15) is 0 Å². The summed E-state index contributed by atoms with van der Waals surface area (Å²) in [6.07, 6.45) is 3.53. The highest BCUT2D eigenvalue weighted by Gasteiger charge is 1.98. The molecule has 5 heteroatoms. The Balaban J connectivity index is 2.14. The maximum Gasteiger partial charge on any atom is 0.0701 e. The van der Waals surface area contributed by atoms with Gasteiger partial charge in [0.15, 0.2) is 0 Å². The molecule has 0 aliphatic rings. The maximum atomic E-state index is 3.88. The minimum absolute atomic E-state index is 0.794. The first kappa shape index (κ1) is 7.94. The van der Waals surface area contributed by atoms with Crippen LogP contribution in [-0.4, -0.2) is 15.0 Å². The van der Waals surface area contributed by atoms with Gasteiger partial charge in [0, 0.05) is 6.20 Å². The molecule has 0 radical (unpaired) electrons. The lowest BCUT2D eigenvalue weighted by molar-refractivity contribution is 0.651. The van der Waals surface area contributed by atoms with Gasteiger partial charge in [0.1, 0.15) is 0 Å². The first-order valence-electron chi connectivity index (χ1n) is 3.41. The molecule has 0 aliphatic heterocycles. The van der Waals surface area contributed by atoms with Crippen LogP contribution < -0.4 is 0 Å². The quantitative estimate of drug-likeness (QED) is 0.810. The van der Waals surface area contributed by atoms with Crippen LogP contribution in [0.15, 0.2) is 27.6 Å². The lowest BCUT2D eigenvalue weighted by Crippen LogP contribution is -1.98. The predicted octanol–water partition coefficient (Wildman–Crippen LogP) is 2.15. The fourth-order valence-corrected chi connectivity index (χ4v) is 2.13. The van der Waals surface area contributed by atoms with E-state index in [2.05, 4.69) is 37.7 Å². The van der Waals surface area contributed by atoms with Crippen molar-refractivity contribution >= 4 is 27.3 Å². The number of nitrogens with zero attached hydrogens (tertiary/aromatic N) is 3. The zero-order chi connectivity index (χ0) is 8.39. The second-order valence-corrected chi connectivity index (χ2v) is 4.65. The van der Waals surface area contributed by atoms with Crippen molar-refractivity contribution < 1.29 is 0 Å². The van der Waals surface area contributed by atoms with E-state index in [1.807, 2.05) is 6.20 Å². The molecule has 0 amide bonds. The summed E-state index contributed by atoms with van der Waals surface area (Å²) >= 11 is 5.09. The third-order valence-electron chi connectivity index (χ3n) is 1.44. The second-order valence-electron chi connectivity index (χ2n) is 2.36. The Morgan fingerprint density at radius 1 is 1.58 bits per heavy atom. The number of thiophene rings is 1. The summed E-state index contributed by atoms with van der Waals surface area (Å²) in [6.45, 7) is 0.794. The molecule has 2 aromatic rings. The summed E-state index contributed by atoms with van der Waals surface area (Å²) in [4.78, 5) is 0. The van der Waals surface area contributed by atoms with Crippen molar-refractivity contribution in [1.82, 2.24) is 15.0 Å². The van der Waals surface area contributed by atoms with Gasteiger partial charge in [-0.05, 0) is 32.9 Å². The van der Waals surface area contributed by atoms with Crippen LogP contribution in [0.5, 0.6) is 0 Å². The summed E-state index contributed by atoms with van der Waals surface area (Å²) in [6, 6.07) is 2.09. The lowest BCUT2D eigenvalue weighted by atomic mass is 10.3. The average molecular weight is 244 g/mol. The van der Waals surface area contributed by atoms with Crippen LogP contribution in [0.2, 0.25) is 0 Å². The summed E-state index contributed by atoms with van der Waals surface area (Å²) in [5, 5.41) is 9.71. The number of halogens is 1. The first-order chi connectivity index (χ1) is 5.84. The molecule has 0 fully saturated rings. The Morgan fingerprint density at radius 2 is 2.50 bits per heavy atom. The van der Waals surface area contributed by atoms with Gasteiger partial charge in [-0.15, -0.1) is 16.4 Å². The van der Waals surface area contributed by atoms with E-state index in [1.54, 1.807) is 22.2 Å². The smallest absolute Gasteiger partial charge is 0.0701 e. The molecule has 62 valence electrons. The molecule has 0 N–H and O–H groups in total. The van der Waals surface area contributed by atoms with E-state index in [-0.39, 0.29) is 0 Å². The summed E-state index contributed by atoms with van der Waals surface area (Å²) in [5.41, 5.74) is 1.25.